The van der Waals surface area contributed by atoms with Crippen LogP contribution in [0.5, 0.6) is 0 Å². The smallest absolute Gasteiger partial charge is 0.0495 e. The first kappa shape index (κ1) is 15.5. The zero-order valence-corrected chi connectivity index (χ0v) is 16.8. The summed E-state index contributed by atoms with van der Waals surface area (Å²) in [5.74, 6) is 0. The predicted molar refractivity (Wildman–Crippen MR) is 128 cm³/mol. The van der Waals surface area contributed by atoms with E-state index in [4.69, 9.17) is 0 Å². The van der Waals surface area contributed by atoms with Crippen LogP contribution in [0.2, 0.25) is 0 Å². The van der Waals surface area contributed by atoms with Gasteiger partial charge in [0, 0.05) is 59.8 Å². The lowest BCUT2D eigenvalue weighted by Gasteiger charge is -2.09. The lowest BCUT2D eigenvalue weighted by atomic mass is 9.94. The van der Waals surface area contributed by atoms with E-state index in [-0.39, 0.29) is 0 Å². The van der Waals surface area contributed by atoms with Gasteiger partial charge in [0.25, 0.3) is 0 Å². The average molecular weight is 388 g/mol. The Morgan fingerprint density at radius 2 is 1.21 bits per heavy atom. The molecule has 0 bridgehead atoms. The van der Waals surface area contributed by atoms with E-state index in [1.54, 1.807) is 0 Å². The van der Waals surface area contributed by atoms with Crippen molar-refractivity contribution >= 4 is 74.9 Å². The van der Waals surface area contributed by atoms with Gasteiger partial charge in [0.2, 0.25) is 0 Å². The first-order chi connectivity index (χ1) is 14.3. The quantitative estimate of drug-likeness (QED) is 0.232. The van der Waals surface area contributed by atoms with Crippen LogP contribution in [0.4, 0.5) is 0 Å². The SMILES string of the molecule is Cn1c2ccccc2c2c3c(ccc21)c1ccccc1c1sc2ccccc2c13. The Morgan fingerprint density at radius 1 is 0.517 bits per heavy atom. The van der Waals surface area contributed by atoms with Crippen molar-refractivity contribution in [2.45, 2.75) is 0 Å². The largest absolute Gasteiger partial charge is 0.344 e. The van der Waals surface area contributed by atoms with Gasteiger partial charge in [0.05, 0.1) is 0 Å². The minimum absolute atomic E-state index is 1.29. The molecule has 0 aliphatic heterocycles. The number of hydrogen-bond acceptors (Lipinski definition) is 1. The fourth-order valence-corrected chi connectivity index (χ4v) is 6.38. The molecule has 0 atom stereocenters. The Labute approximate surface area is 171 Å². The average Bonchev–Trinajstić information content (AvgIpc) is 3.30. The maximum atomic E-state index is 2.33. The molecule has 0 saturated heterocycles. The van der Waals surface area contributed by atoms with Crippen LogP contribution in [0.25, 0.3) is 63.5 Å². The number of fused-ring (bicyclic) bond motifs is 12. The summed E-state index contributed by atoms with van der Waals surface area (Å²) in [4.78, 5) is 0. The molecule has 136 valence electrons. The highest BCUT2D eigenvalue weighted by atomic mass is 32.1. The molecule has 5 aromatic carbocycles. The molecule has 0 aliphatic rings. The van der Waals surface area contributed by atoms with Gasteiger partial charge in [-0.2, -0.15) is 0 Å². The summed E-state index contributed by atoms with van der Waals surface area (Å²) in [7, 11) is 2.18. The maximum Gasteiger partial charge on any atom is 0.0495 e. The van der Waals surface area contributed by atoms with Gasteiger partial charge in [0.1, 0.15) is 0 Å². The van der Waals surface area contributed by atoms with E-state index in [2.05, 4.69) is 96.5 Å². The number of thiophene rings is 1. The third-order valence-electron chi connectivity index (χ3n) is 6.39. The Kier molecular flexibility index (Phi) is 2.88. The summed E-state index contributed by atoms with van der Waals surface area (Å²) in [5.41, 5.74) is 2.58. The summed E-state index contributed by atoms with van der Waals surface area (Å²) >= 11 is 1.92. The molecule has 0 saturated carbocycles. The monoisotopic (exact) mass is 387 g/mol. The number of aryl methyl sites for hydroxylation is 1. The van der Waals surface area contributed by atoms with Gasteiger partial charge in [-0.25, -0.2) is 0 Å². The number of rotatable bonds is 0. The molecule has 0 aliphatic carbocycles. The molecule has 7 rings (SSSR count). The predicted octanol–water partition coefficient (Wildman–Crippen LogP) is 8.01. The number of para-hydroxylation sites is 1. The van der Waals surface area contributed by atoms with Gasteiger partial charge in [-0.05, 0) is 29.0 Å². The van der Waals surface area contributed by atoms with E-state index in [1.165, 1.54) is 63.5 Å². The van der Waals surface area contributed by atoms with Crippen LogP contribution < -0.4 is 0 Å². The third-order valence-corrected chi connectivity index (χ3v) is 7.59. The molecule has 29 heavy (non-hydrogen) atoms. The Hall–Kier alpha value is -3.36. The Morgan fingerprint density at radius 3 is 2.07 bits per heavy atom. The van der Waals surface area contributed by atoms with E-state index < -0.39 is 0 Å². The van der Waals surface area contributed by atoms with Gasteiger partial charge in [-0.15, -0.1) is 11.3 Å². The van der Waals surface area contributed by atoms with E-state index in [0.29, 0.717) is 0 Å². The molecule has 0 amide bonds. The second-order valence-corrected chi connectivity index (χ2v) is 8.86. The van der Waals surface area contributed by atoms with Crippen LogP contribution in [-0.2, 0) is 7.05 Å². The van der Waals surface area contributed by atoms with Crippen LogP contribution in [0.15, 0.2) is 84.9 Å². The minimum Gasteiger partial charge on any atom is -0.344 e. The number of hydrogen-bond donors (Lipinski definition) is 0. The first-order valence-electron chi connectivity index (χ1n) is 9.95. The lowest BCUT2D eigenvalue weighted by Crippen LogP contribution is -1.86. The van der Waals surface area contributed by atoms with Gasteiger partial charge in [-0.3, -0.25) is 0 Å². The van der Waals surface area contributed by atoms with E-state index in [1.807, 2.05) is 11.3 Å². The fraction of sp³-hybridized carbons (Fsp3) is 0.0370. The molecule has 7 aromatic rings. The van der Waals surface area contributed by atoms with Gasteiger partial charge in [0.15, 0.2) is 0 Å². The van der Waals surface area contributed by atoms with Crippen molar-refractivity contribution in [3.05, 3.63) is 84.9 Å². The molecule has 2 aromatic heterocycles. The maximum absolute atomic E-state index is 2.33. The van der Waals surface area contributed by atoms with Crippen LogP contribution in [-0.4, -0.2) is 4.57 Å². The Bertz CT molecular complexity index is 1760. The van der Waals surface area contributed by atoms with Crippen LogP contribution >= 0.6 is 11.3 Å². The van der Waals surface area contributed by atoms with Gasteiger partial charge >= 0.3 is 0 Å². The lowest BCUT2D eigenvalue weighted by molar-refractivity contribution is 1.01. The van der Waals surface area contributed by atoms with Crippen molar-refractivity contribution in [3.63, 3.8) is 0 Å². The zero-order chi connectivity index (χ0) is 19.1. The highest BCUT2D eigenvalue weighted by molar-refractivity contribution is 7.27. The van der Waals surface area contributed by atoms with Crippen LogP contribution in [0.1, 0.15) is 0 Å². The zero-order valence-electron chi connectivity index (χ0n) is 15.9. The van der Waals surface area contributed by atoms with Crippen molar-refractivity contribution in [1.82, 2.24) is 4.57 Å². The number of benzene rings is 5. The van der Waals surface area contributed by atoms with Gasteiger partial charge < -0.3 is 4.57 Å². The third kappa shape index (κ3) is 1.85. The highest BCUT2D eigenvalue weighted by Gasteiger charge is 2.18. The van der Waals surface area contributed by atoms with Crippen molar-refractivity contribution in [1.29, 1.82) is 0 Å². The molecule has 0 spiro atoms. The molecule has 2 heteroatoms. The molecule has 0 radical (unpaired) electrons. The summed E-state index contributed by atoms with van der Waals surface area (Å²) in [6.07, 6.45) is 0. The van der Waals surface area contributed by atoms with Gasteiger partial charge in [-0.1, -0.05) is 66.7 Å². The number of aromatic nitrogens is 1. The van der Waals surface area contributed by atoms with E-state index >= 15 is 0 Å². The standard InChI is InChI=1S/C27H17NS/c1-28-21-12-6-4-10-19(21)24-22(28)15-14-17-16-8-2-3-9-18(16)27-26(25(17)24)20-11-5-7-13-23(20)29-27/h2-15H,1H3. The van der Waals surface area contributed by atoms with Crippen molar-refractivity contribution < 1.29 is 0 Å². The van der Waals surface area contributed by atoms with Crippen LogP contribution in [0, 0.1) is 0 Å². The fourth-order valence-electron chi connectivity index (χ4n) is 5.13. The molecule has 0 N–H and O–H groups in total. The summed E-state index contributed by atoms with van der Waals surface area (Å²) in [5, 5.41) is 10.9. The van der Waals surface area contributed by atoms with E-state index in [9.17, 15) is 0 Å². The van der Waals surface area contributed by atoms with Crippen molar-refractivity contribution in [2.24, 2.45) is 7.05 Å². The number of nitrogens with zero attached hydrogens (tertiary/aromatic N) is 1. The van der Waals surface area contributed by atoms with Crippen LogP contribution in [0.3, 0.4) is 0 Å². The minimum atomic E-state index is 1.29. The van der Waals surface area contributed by atoms with Crippen molar-refractivity contribution in [2.75, 3.05) is 0 Å². The molecular weight excluding hydrogens is 370 g/mol. The normalized spacial score (nSPS) is 12.3. The molecule has 2 heterocycles. The topological polar surface area (TPSA) is 4.93 Å². The Balaban J connectivity index is 1.95. The summed E-state index contributed by atoms with van der Waals surface area (Å²) in [6.45, 7) is 0. The molecule has 0 fully saturated rings. The highest BCUT2D eigenvalue weighted by Crippen LogP contribution is 2.47. The molecule has 0 unspecified atom stereocenters. The second kappa shape index (κ2) is 5.37. The summed E-state index contributed by atoms with van der Waals surface area (Å²) in [6, 6.07) is 31.1. The second-order valence-electron chi connectivity index (χ2n) is 7.81. The molecule has 1 nitrogen and oxygen atoms in total. The first-order valence-corrected chi connectivity index (χ1v) is 10.8. The van der Waals surface area contributed by atoms with E-state index in [0.717, 1.165) is 0 Å². The molecular formula is C27H17NS. The summed E-state index contributed by atoms with van der Waals surface area (Å²) < 4.78 is 5.09. The van der Waals surface area contributed by atoms with Crippen molar-refractivity contribution in [3.8, 4) is 0 Å².